The number of nitrogens with zero attached hydrogens (tertiary/aromatic N) is 3. The number of aromatic hydroxyl groups is 1. The fourth-order valence-corrected chi connectivity index (χ4v) is 6.94. The Balaban J connectivity index is 1.43. The van der Waals surface area contributed by atoms with Crippen LogP contribution in [-0.4, -0.2) is 44.8 Å². The van der Waals surface area contributed by atoms with Crippen molar-refractivity contribution in [2.24, 2.45) is 0 Å². The van der Waals surface area contributed by atoms with Crippen LogP contribution in [0.25, 0.3) is 5.76 Å². The van der Waals surface area contributed by atoms with Crippen LogP contribution >= 0.6 is 23.1 Å². The summed E-state index contributed by atoms with van der Waals surface area (Å²) in [5.41, 5.74) is 2.79. The normalized spacial score (nSPS) is 19.1. The van der Waals surface area contributed by atoms with Gasteiger partial charge in [-0.15, -0.1) is 10.2 Å². The quantitative estimate of drug-likeness (QED) is 0.0838. The lowest BCUT2D eigenvalue weighted by atomic mass is 9.94. The Labute approximate surface area is 250 Å². The number of aromatic nitrogens is 2. The molecule has 0 bridgehead atoms. The van der Waals surface area contributed by atoms with Crippen LogP contribution in [0.3, 0.4) is 0 Å². The van der Waals surface area contributed by atoms with Crippen molar-refractivity contribution >= 4 is 45.7 Å². The molecule has 1 aromatic heterocycles. The van der Waals surface area contributed by atoms with Crippen LogP contribution in [0, 0.1) is 0 Å². The van der Waals surface area contributed by atoms with E-state index in [1.165, 1.54) is 34.1 Å². The highest BCUT2D eigenvalue weighted by atomic mass is 32.2. The minimum absolute atomic E-state index is 0.00307. The van der Waals surface area contributed by atoms with Gasteiger partial charge in [0.15, 0.2) is 15.8 Å². The number of amides is 1. The molecule has 11 heteroatoms. The highest BCUT2D eigenvalue weighted by Crippen LogP contribution is 2.46. The summed E-state index contributed by atoms with van der Waals surface area (Å²) in [6, 6.07) is 18.7. The first-order valence-electron chi connectivity index (χ1n) is 13.4. The molecular formula is C31H27N3O6S2. The molecular weight excluding hydrogens is 574 g/mol. The van der Waals surface area contributed by atoms with Crippen LogP contribution < -0.4 is 14.4 Å². The fraction of sp³-hybridized carbons (Fsp3) is 0.226. The summed E-state index contributed by atoms with van der Waals surface area (Å²) in [5, 5.41) is 30.7. The molecule has 3 aromatic carbocycles. The van der Waals surface area contributed by atoms with Crippen molar-refractivity contribution < 1.29 is 29.3 Å². The Morgan fingerprint density at radius 3 is 2.71 bits per heavy atom. The van der Waals surface area contributed by atoms with Crippen LogP contribution in [0.5, 0.6) is 17.2 Å². The molecule has 2 N–H and O–H groups in total. The number of ketones is 1. The number of anilines is 1. The van der Waals surface area contributed by atoms with Crippen LogP contribution in [0.1, 0.15) is 42.1 Å². The molecule has 42 heavy (non-hydrogen) atoms. The molecule has 1 fully saturated rings. The van der Waals surface area contributed by atoms with E-state index in [0.717, 1.165) is 16.9 Å². The van der Waals surface area contributed by atoms with Gasteiger partial charge in [-0.25, -0.2) is 0 Å². The van der Waals surface area contributed by atoms with Gasteiger partial charge in [-0.2, -0.15) is 0 Å². The lowest BCUT2D eigenvalue weighted by Crippen LogP contribution is -2.29. The first kappa shape index (κ1) is 27.8. The zero-order chi connectivity index (χ0) is 29.4. The molecule has 0 radical (unpaired) electrons. The van der Waals surface area contributed by atoms with E-state index in [1.807, 2.05) is 37.3 Å². The summed E-state index contributed by atoms with van der Waals surface area (Å²) in [7, 11) is 0. The van der Waals surface area contributed by atoms with E-state index in [9.17, 15) is 19.8 Å². The molecule has 2 atom stereocenters. The Morgan fingerprint density at radius 2 is 1.93 bits per heavy atom. The maximum atomic E-state index is 13.6. The molecule has 1 saturated heterocycles. The maximum absolute atomic E-state index is 13.6. The number of aliphatic hydroxyl groups is 1. The first-order valence-corrected chi connectivity index (χ1v) is 15.2. The number of Topliss-reactive ketones (excluding diaryl/α,β-unsaturated/α-hetero) is 1. The first-order chi connectivity index (χ1) is 20.3. The molecule has 2 aliphatic heterocycles. The lowest BCUT2D eigenvalue weighted by Gasteiger charge is -2.23. The second-order valence-electron chi connectivity index (χ2n) is 9.91. The lowest BCUT2D eigenvalue weighted by molar-refractivity contribution is -0.132. The molecule has 3 heterocycles. The number of rotatable bonds is 8. The van der Waals surface area contributed by atoms with Gasteiger partial charge in [0.25, 0.3) is 5.78 Å². The zero-order valence-electron chi connectivity index (χ0n) is 22.8. The third-order valence-corrected chi connectivity index (χ3v) is 9.15. The average Bonchev–Trinajstić information content (AvgIpc) is 3.68. The summed E-state index contributed by atoms with van der Waals surface area (Å²) < 4.78 is 12.0. The molecule has 6 rings (SSSR count). The van der Waals surface area contributed by atoms with Gasteiger partial charge in [0.2, 0.25) is 5.13 Å². The summed E-state index contributed by atoms with van der Waals surface area (Å²) in [6.07, 6.45) is 0.668. The van der Waals surface area contributed by atoms with Crippen LogP contribution in [-0.2, 0) is 21.8 Å². The number of fused-ring (bicyclic) bond motifs is 1. The van der Waals surface area contributed by atoms with E-state index >= 15 is 0 Å². The second kappa shape index (κ2) is 11.5. The van der Waals surface area contributed by atoms with E-state index in [2.05, 4.69) is 10.2 Å². The number of carbonyl (C=O) groups excluding carboxylic acids is 2. The predicted octanol–water partition coefficient (Wildman–Crippen LogP) is 5.88. The van der Waals surface area contributed by atoms with E-state index in [1.54, 1.807) is 37.3 Å². The molecule has 0 aliphatic carbocycles. The number of ether oxygens (including phenoxy) is 2. The number of hydrogen-bond donors (Lipinski definition) is 2. The molecule has 2 aliphatic rings. The fourth-order valence-electron chi connectivity index (χ4n) is 5.12. The number of phenols is 1. The van der Waals surface area contributed by atoms with Crippen LogP contribution in [0.15, 0.2) is 76.6 Å². The van der Waals surface area contributed by atoms with Gasteiger partial charge in [-0.1, -0.05) is 59.5 Å². The van der Waals surface area contributed by atoms with E-state index in [4.69, 9.17) is 9.47 Å². The average molecular weight is 602 g/mol. The third-order valence-electron chi connectivity index (χ3n) is 7.02. The Morgan fingerprint density at radius 1 is 1.12 bits per heavy atom. The van der Waals surface area contributed by atoms with Gasteiger partial charge in [0.05, 0.1) is 18.2 Å². The van der Waals surface area contributed by atoms with Crippen molar-refractivity contribution in [2.75, 3.05) is 11.5 Å². The predicted molar refractivity (Wildman–Crippen MR) is 160 cm³/mol. The highest BCUT2D eigenvalue weighted by molar-refractivity contribution is 8.00. The smallest absolute Gasteiger partial charge is 0.301 e. The number of hydrogen-bond acceptors (Lipinski definition) is 10. The molecule has 1 amide bonds. The largest absolute Gasteiger partial charge is 0.507 e. The van der Waals surface area contributed by atoms with Crippen molar-refractivity contribution in [3.8, 4) is 17.2 Å². The Kier molecular flexibility index (Phi) is 7.61. The molecule has 9 nitrogen and oxygen atoms in total. The van der Waals surface area contributed by atoms with Crippen molar-refractivity contribution in [2.45, 2.75) is 42.5 Å². The molecule has 4 aromatic rings. The number of aliphatic hydroxyl groups excluding tert-OH is 1. The van der Waals surface area contributed by atoms with Crippen molar-refractivity contribution in [1.82, 2.24) is 10.2 Å². The van der Waals surface area contributed by atoms with Crippen molar-refractivity contribution in [3.05, 3.63) is 94.6 Å². The third kappa shape index (κ3) is 5.21. The second-order valence-corrected chi connectivity index (χ2v) is 12.1. The van der Waals surface area contributed by atoms with Gasteiger partial charge >= 0.3 is 5.91 Å². The molecule has 0 spiro atoms. The van der Waals surface area contributed by atoms with Gasteiger partial charge in [0.1, 0.15) is 17.6 Å². The van der Waals surface area contributed by atoms with Gasteiger partial charge in [-0.05, 0) is 60.9 Å². The van der Waals surface area contributed by atoms with E-state index in [-0.39, 0.29) is 34.1 Å². The summed E-state index contributed by atoms with van der Waals surface area (Å²) in [5.74, 6) is -0.485. The summed E-state index contributed by atoms with van der Waals surface area (Å²) >= 11 is 2.66. The van der Waals surface area contributed by atoms with Gasteiger partial charge in [-0.3, -0.25) is 14.5 Å². The topological polar surface area (TPSA) is 122 Å². The summed E-state index contributed by atoms with van der Waals surface area (Å²) in [4.78, 5) is 28.5. The monoisotopic (exact) mass is 601 g/mol. The molecule has 214 valence electrons. The van der Waals surface area contributed by atoms with Crippen LogP contribution in [0.4, 0.5) is 5.13 Å². The van der Waals surface area contributed by atoms with E-state index in [0.29, 0.717) is 34.2 Å². The number of phenolic OH excluding ortho intramolecular Hbond substituents is 1. The molecule has 2 unspecified atom stereocenters. The van der Waals surface area contributed by atoms with Gasteiger partial charge in [0, 0.05) is 17.7 Å². The number of carbonyl (C=O) groups is 2. The number of benzene rings is 3. The number of thioether (sulfide) groups is 1. The van der Waals surface area contributed by atoms with E-state index < -0.39 is 17.7 Å². The highest BCUT2D eigenvalue weighted by Gasteiger charge is 2.48. The standard InChI is InChI=1S/C31H27N3O6S2/c1-3-39-24-15-19(9-11-22(24)35)26-25(27(36)20-10-12-23-21(14-20)13-17(2)40-23)28(37)29(38)34(26)30-32-33-31(42-30)41-16-18-7-5-4-6-8-18/h4-12,14-15,17,26,35-36H,3,13,16H2,1-2H3/b27-25+. The van der Waals surface area contributed by atoms with Gasteiger partial charge < -0.3 is 19.7 Å². The minimum atomic E-state index is -1.03. The van der Waals surface area contributed by atoms with Crippen LogP contribution in [0.2, 0.25) is 0 Å². The maximum Gasteiger partial charge on any atom is 0.301 e. The SMILES string of the molecule is CCOc1cc(C2/C(=C(\O)c3ccc4c(c3)CC(C)O4)C(=O)C(=O)N2c2nnc(SCc3ccccc3)s2)ccc1O. The van der Waals surface area contributed by atoms with Crippen molar-refractivity contribution in [1.29, 1.82) is 0 Å². The Hall–Kier alpha value is -4.35. The summed E-state index contributed by atoms with van der Waals surface area (Å²) in [6.45, 7) is 4.04. The molecule has 0 saturated carbocycles. The zero-order valence-corrected chi connectivity index (χ0v) is 24.4. The van der Waals surface area contributed by atoms with Crippen molar-refractivity contribution in [3.63, 3.8) is 0 Å². The minimum Gasteiger partial charge on any atom is -0.507 e. The Bertz CT molecular complexity index is 1700.